The minimum absolute atomic E-state index is 0.0873. The number of carbonyl (C=O) groups is 1. The van der Waals surface area contributed by atoms with Crippen molar-refractivity contribution in [2.75, 3.05) is 11.4 Å². The van der Waals surface area contributed by atoms with Gasteiger partial charge in [0.05, 0.1) is 12.4 Å². The van der Waals surface area contributed by atoms with Crippen LogP contribution in [0.5, 0.6) is 11.5 Å². The standard InChI is InChI=1S/C13H9B2FN2O4S/c1-22-7-3-2-6-4-9(19)11(10(16)8(6)5-7)18-13(14,15)12(20)17-23(18)21/h2-5,19H,1H3,(H,17,20). The predicted octanol–water partition coefficient (Wildman–Crippen LogP) is 0.199. The second kappa shape index (κ2) is 5.16. The van der Waals surface area contributed by atoms with E-state index in [9.17, 15) is 18.5 Å². The summed E-state index contributed by atoms with van der Waals surface area (Å²) in [6, 6.07) is 5.79. The Bertz CT molecular complexity index is 861. The Labute approximate surface area is 136 Å². The second-order valence-corrected chi connectivity index (χ2v) is 6.01. The Morgan fingerprint density at radius 3 is 2.65 bits per heavy atom. The van der Waals surface area contributed by atoms with Crippen LogP contribution in [0.1, 0.15) is 0 Å². The summed E-state index contributed by atoms with van der Waals surface area (Å²) in [4.78, 5) is 11.7. The molecular formula is C13H9B2FN2O4S. The molecule has 2 aromatic carbocycles. The van der Waals surface area contributed by atoms with Gasteiger partial charge >= 0.3 is 0 Å². The Balaban J connectivity index is 2.29. The van der Waals surface area contributed by atoms with Crippen LogP contribution in [-0.4, -0.2) is 43.4 Å². The third-order valence-electron chi connectivity index (χ3n) is 3.49. The normalized spacial score (nSPS) is 19.8. The lowest BCUT2D eigenvalue weighted by atomic mass is 9.61. The summed E-state index contributed by atoms with van der Waals surface area (Å²) in [6.45, 7) is 0. The maximum absolute atomic E-state index is 14.9. The van der Waals surface area contributed by atoms with Gasteiger partial charge < -0.3 is 9.84 Å². The molecule has 1 fully saturated rings. The van der Waals surface area contributed by atoms with Crippen LogP contribution < -0.4 is 13.8 Å². The summed E-state index contributed by atoms with van der Waals surface area (Å²) >= 11 is -2.23. The van der Waals surface area contributed by atoms with E-state index in [1.165, 1.54) is 19.2 Å². The molecule has 0 spiro atoms. The Morgan fingerprint density at radius 1 is 1.39 bits per heavy atom. The SMILES string of the molecule is [B]C1([B])C(=O)NS(=O)N1c1c(O)cc2ccc(OC)cc2c1F. The molecule has 1 aliphatic heterocycles. The molecule has 4 radical (unpaired) electrons. The van der Waals surface area contributed by atoms with Crippen molar-refractivity contribution in [1.82, 2.24) is 4.72 Å². The minimum Gasteiger partial charge on any atom is -0.506 e. The monoisotopic (exact) mass is 330 g/mol. The first-order valence-corrected chi connectivity index (χ1v) is 7.48. The molecule has 0 aromatic heterocycles. The number of amides is 1. The molecule has 2 N–H and O–H groups in total. The number of halogens is 1. The third kappa shape index (κ3) is 2.24. The number of nitrogens with one attached hydrogen (secondary N) is 1. The maximum Gasteiger partial charge on any atom is 0.241 e. The van der Waals surface area contributed by atoms with Crippen LogP contribution in [0, 0.1) is 5.82 Å². The number of rotatable bonds is 2. The van der Waals surface area contributed by atoms with Gasteiger partial charge in [-0.2, -0.15) is 0 Å². The van der Waals surface area contributed by atoms with Crippen molar-refractivity contribution in [1.29, 1.82) is 0 Å². The first-order valence-electron chi connectivity index (χ1n) is 6.37. The van der Waals surface area contributed by atoms with Crippen molar-refractivity contribution in [2.24, 2.45) is 0 Å². The largest absolute Gasteiger partial charge is 0.506 e. The van der Waals surface area contributed by atoms with E-state index in [1.807, 2.05) is 4.72 Å². The second-order valence-electron chi connectivity index (χ2n) is 4.95. The van der Waals surface area contributed by atoms with Gasteiger partial charge in [-0.1, -0.05) is 6.07 Å². The molecule has 0 saturated carbocycles. The average Bonchev–Trinajstić information content (AvgIpc) is 2.69. The van der Waals surface area contributed by atoms with E-state index < -0.39 is 39.7 Å². The van der Waals surface area contributed by atoms with E-state index in [4.69, 9.17) is 20.4 Å². The van der Waals surface area contributed by atoms with Crippen molar-refractivity contribution < 1.29 is 23.2 Å². The van der Waals surface area contributed by atoms with Crippen molar-refractivity contribution >= 4 is 49.2 Å². The van der Waals surface area contributed by atoms with Crippen molar-refractivity contribution in [2.45, 2.75) is 5.34 Å². The fraction of sp³-hybridized carbons (Fsp3) is 0.154. The van der Waals surface area contributed by atoms with Crippen molar-refractivity contribution in [3.8, 4) is 11.5 Å². The summed E-state index contributed by atoms with van der Waals surface area (Å²) in [5.74, 6) is -2.05. The lowest BCUT2D eigenvalue weighted by Crippen LogP contribution is -2.50. The predicted molar refractivity (Wildman–Crippen MR) is 85.1 cm³/mol. The number of phenols is 1. The highest BCUT2D eigenvalue weighted by Crippen LogP contribution is 2.41. The summed E-state index contributed by atoms with van der Waals surface area (Å²) in [5, 5.41) is 8.32. The number of aromatic hydroxyl groups is 1. The van der Waals surface area contributed by atoms with Crippen LogP contribution >= 0.6 is 0 Å². The van der Waals surface area contributed by atoms with Gasteiger partial charge in [-0.25, -0.2) is 8.60 Å². The van der Waals surface area contributed by atoms with Crippen LogP contribution in [0.15, 0.2) is 24.3 Å². The molecule has 1 amide bonds. The fourth-order valence-corrected chi connectivity index (χ4v) is 3.44. The third-order valence-corrected chi connectivity index (χ3v) is 4.66. The van der Waals surface area contributed by atoms with Crippen LogP contribution in [-0.2, 0) is 16.0 Å². The highest BCUT2D eigenvalue weighted by Gasteiger charge is 2.46. The molecule has 1 atom stereocenters. The Morgan fingerprint density at radius 2 is 2.09 bits per heavy atom. The fourth-order valence-electron chi connectivity index (χ4n) is 2.33. The quantitative estimate of drug-likeness (QED) is 0.771. The summed E-state index contributed by atoms with van der Waals surface area (Å²) in [5.41, 5.74) is -0.535. The molecule has 1 heterocycles. The molecule has 10 heteroatoms. The van der Waals surface area contributed by atoms with Gasteiger partial charge in [0, 0.05) is 5.39 Å². The first kappa shape index (κ1) is 15.7. The molecule has 114 valence electrons. The van der Waals surface area contributed by atoms with Crippen molar-refractivity contribution in [3.05, 3.63) is 30.1 Å². The number of nitrogens with zero attached hydrogens (tertiary/aromatic N) is 1. The zero-order chi connectivity index (χ0) is 16.9. The zero-order valence-corrected chi connectivity index (χ0v) is 12.7. The maximum atomic E-state index is 14.9. The first-order chi connectivity index (χ1) is 10.8. The van der Waals surface area contributed by atoms with Crippen LogP contribution in [0.3, 0.4) is 0 Å². The number of carbonyl (C=O) groups excluding carboxylic acids is 1. The van der Waals surface area contributed by atoms with Gasteiger partial charge in [-0.15, -0.1) is 0 Å². The molecule has 2 aromatic rings. The van der Waals surface area contributed by atoms with E-state index in [2.05, 4.69) is 0 Å². The lowest BCUT2D eigenvalue weighted by Gasteiger charge is -2.30. The average molecular weight is 330 g/mol. The van der Waals surface area contributed by atoms with Crippen molar-refractivity contribution in [3.63, 3.8) is 0 Å². The van der Waals surface area contributed by atoms with E-state index in [0.717, 1.165) is 0 Å². The summed E-state index contributed by atoms with van der Waals surface area (Å²) in [6.07, 6.45) is 0. The van der Waals surface area contributed by atoms with Crippen LogP contribution in [0.4, 0.5) is 10.1 Å². The highest BCUT2D eigenvalue weighted by atomic mass is 32.2. The summed E-state index contributed by atoms with van der Waals surface area (Å²) in [7, 11) is 12.7. The number of phenolic OH excluding ortho intramolecular Hbond substituents is 1. The van der Waals surface area contributed by atoms with Gasteiger partial charge in [0.15, 0.2) is 5.82 Å². The number of hydrogen-bond acceptors (Lipinski definition) is 4. The van der Waals surface area contributed by atoms with Crippen LogP contribution in [0.2, 0.25) is 0 Å². The number of methoxy groups -OCH3 is 1. The van der Waals surface area contributed by atoms with Gasteiger partial charge in [0.1, 0.15) is 32.9 Å². The number of ether oxygens (including phenoxy) is 1. The van der Waals surface area contributed by atoms with Gasteiger partial charge in [-0.3, -0.25) is 13.8 Å². The van der Waals surface area contributed by atoms with E-state index in [1.54, 1.807) is 12.1 Å². The molecule has 6 nitrogen and oxygen atoms in total. The molecule has 0 aliphatic carbocycles. The molecular weight excluding hydrogens is 321 g/mol. The topological polar surface area (TPSA) is 78.9 Å². The highest BCUT2D eigenvalue weighted by molar-refractivity contribution is 7.86. The van der Waals surface area contributed by atoms with Gasteiger partial charge in [-0.05, 0) is 23.6 Å². The molecule has 3 rings (SSSR count). The van der Waals surface area contributed by atoms with Crippen LogP contribution in [0.25, 0.3) is 10.8 Å². The number of benzene rings is 2. The number of hydrogen-bond donors (Lipinski definition) is 2. The smallest absolute Gasteiger partial charge is 0.241 e. The molecule has 1 aliphatic rings. The minimum atomic E-state index is -2.27. The zero-order valence-electron chi connectivity index (χ0n) is 11.9. The molecule has 0 bridgehead atoms. The number of anilines is 1. The summed E-state index contributed by atoms with van der Waals surface area (Å²) < 4.78 is 34.5. The van der Waals surface area contributed by atoms with Gasteiger partial charge in [0.2, 0.25) is 17.1 Å². The Hall–Kier alpha value is -2.22. The van der Waals surface area contributed by atoms with E-state index in [-0.39, 0.29) is 5.39 Å². The lowest BCUT2D eigenvalue weighted by molar-refractivity contribution is -0.119. The molecule has 1 saturated heterocycles. The van der Waals surface area contributed by atoms with E-state index >= 15 is 0 Å². The number of fused-ring (bicyclic) bond motifs is 1. The van der Waals surface area contributed by atoms with E-state index in [0.29, 0.717) is 15.4 Å². The Kier molecular flexibility index (Phi) is 3.51. The van der Waals surface area contributed by atoms with Gasteiger partial charge in [0.25, 0.3) is 0 Å². The molecule has 1 unspecified atom stereocenters. The molecule has 23 heavy (non-hydrogen) atoms.